The lowest BCUT2D eigenvalue weighted by molar-refractivity contribution is -0.159. The fraction of sp³-hybridized carbons (Fsp3) is 0.412. The van der Waals surface area contributed by atoms with Gasteiger partial charge in [-0.15, -0.1) is 0 Å². The van der Waals surface area contributed by atoms with Crippen molar-refractivity contribution >= 4 is 0 Å². The predicted octanol–water partition coefficient (Wildman–Crippen LogP) is 4.54. The molecule has 0 radical (unpaired) electrons. The zero-order valence-electron chi connectivity index (χ0n) is 14.8. The van der Waals surface area contributed by atoms with Gasteiger partial charge in [-0.05, 0) is 25.0 Å². The van der Waals surface area contributed by atoms with Crippen LogP contribution in [0.1, 0.15) is 38.6 Å². The lowest BCUT2D eigenvalue weighted by Gasteiger charge is -2.10. The molecule has 0 amide bonds. The van der Waals surface area contributed by atoms with Gasteiger partial charge < -0.3 is 13.8 Å². The van der Waals surface area contributed by atoms with E-state index in [1.807, 2.05) is 20.8 Å². The van der Waals surface area contributed by atoms with Crippen LogP contribution in [0, 0.1) is 5.92 Å². The number of halogens is 3. The first-order valence-electron chi connectivity index (χ1n) is 8.21. The van der Waals surface area contributed by atoms with Crippen LogP contribution < -0.4 is 0 Å². The van der Waals surface area contributed by atoms with Crippen molar-refractivity contribution < 1.29 is 27.0 Å². The van der Waals surface area contributed by atoms with E-state index in [0.717, 1.165) is 0 Å². The summed E-state index contributed by atoms with van der Waals surface area (Å²) < 4.78 is 52.7. The second-order valence-corrected chi connectivity index (χ2v) is 6.33. The summed E-state index contributed by atoms with van der Waals surface area (Å²) in [6.45, 7) is 6.48. The number of ether oxygens (including phenoxy) is 1. The summed E-state index contributed by atoms with van der Waals surface area (Å²) in [5, 5.41) is 7.25. The summed E-state index contributed by atoms with van der Waals surface area (Å²) in [5.74, 6) is -0.466. The fourth-order valence-corrected chi connectivity index (χ4v) is 2.15. The number of rotatable bonds is 6. The van der Waals surface area contributed by atoms with Gasteiger partial charge in [0.2, 0.25) is 11.6 Å². The van der Waals surface area contributed by atoms with Crippen LogP contribution in [0.2, 0.25) is 0 Å². The number of hydrogen-bond acceptors (Lipinski definition) is 7. The predicted molar refractivity (Wildman–Crippen MR) is 87.2 cm³/mol. The molecule has 0 spiro atoms. The molecule has 27 heavy (non-hydrogen) atoms. The SMILES string of the molecule is CC(C)CO[C@@H](C)c1noc(-c2ccc(-c3noc(C(F)(F)F)n3)cc2)n1. The Morgan fingerprint density at radius 2 is 1.63 bits per heavy atom. The molecule has 0 aliphatic heterocycles. The molecule has 1 atom stereocenters. The highest BCUT2D eigenvalue weighted by atomic mass is 19.4. The maximum absolute atomic E-state index is 12.5. The smallest absolute Gasteiger partial charge is 0.370 e. The first-order chi connectivity index (χ1) is 12.7. The van der Waals surface area contributed by atoms with Crippen molar-refractivity contribution in [2.75, 3.05) is 6.61 Å². The Balaban J connectivity index is 1.73. The third-order valence-corrected chi connectivity index (χ3v) is 3.54. The molecule has 0 fully saturated rings. The Kier molecular flexibility index (Phi) is 5.26. The molecule has 2 heterocycles. The molecule has 0 saturated heterocycles. The van der Waals surface area contributed by atoms with Gasteiger partial charge in [-0.3, -0.25) is 0 Å². The highest BCUT2D eigenvalue weighted by Crippen LogP contribution is 2.30. The molecule has 1 aromatic carbocycles. The minimum absolute atomic E-state index is 0.157. The van der Waals surface area contributed by atoms with Crippen molar-refractivity contribution in [3.63, 3.8) is 0 Å². The molecular weight excluding hydrogens is 365 g/mol. The van der Waals surface area contributed by atoms with Crippen LogP contribution in [-0.2, 0) is 10.9 Å². The molecule has 144 valence electrons. The zero-order valence-corrected chi connectivity index (χ0v) is 14.8. The Morgan fingerprint density at radius 1 is 0.963 bits per heavy atom. The molecule has 0 unspecified atom stereocenters. The Morgan fingerprint density at radius 3 is 2.22 bits per heavy atom. The number of aromatic nitrogens is 4. The molecule has 0 aliphatic carbocycles. The van der Waals surface area contributed by atoms with Crippen LogP contribution >= 0.6 is 0 Å². The third kappa shape index (κ3) is 4.51. The van der Waals surface area contributed by atoms with Gasteiger partial charge in [0.05, 0.1) is 0 Å². The summed E-state index contributed by atoms with van der Waals surface area (Å²) in [4.78, 5) is 7.64. The minimum Gasteiger partial charge on any atom is -0.370 e. The van der Waals surface area contributed by atoms with Crippen molar-refractivity contribution in [2.24, 2.45) is 5.92 Å². The Labute approximate surface area is 152 Å². The van der Waals surface area contributed by atoms with Crippen LogP contribution in [0.15, 0.2) is 33.3 Å². The van der Waals surface area contributed by atoms with E-state index in [2.05, 4.69) is 24.8 Å². The summed E-state index contributed by atoms with van der Waals surface area (Å²) in [7, 11) is 0. The molecule has 10 heteroatoms. The lowest BCUT2D eigenvalue weighted by Crippen LogP contribution is -2.07. The van der Waals surface area contributed by atoms with Crippen LogP contribution in [0.25, 0.3) is 22.8 Å². The van der Waals surface area contributed by atoms with Gasteiger partial charge in [-0.1, -0.05) is 36.3 Å². The first-order valence-corrected chi connectivity index (χ1v) is 8.21. The quantitative estimate of drug-likeness (QED) is 0.618. The Bertz CT molecular complexity index is 887. The van der Waals surface area contributed by atoms with Crippen LogP contribution in [0.5, 0.6) is 0 Å². The second-order valence-electron chi connectivity index (χ2n) is 6.33. The van der Waals surface area contributed by atoms with Gasteiger partial charge in [0.15, 0.2) is 0 Å². The molecule has 2 aromatic heterocycles. The Hall–Kier alpha value is -2.75. The van der Waals surface area contributed by atoms with Crippen molar-refractivity contribution in [1.82, 2.24) is 20.3 Å². The van der Waals surface area contributed by atoms with E-state index in [1.54, 1.807) is 24.3 Å². The molecule has 0 N–H and O–H groups in total. The summed E-state index contributed by atoms with van der Waals surface area (Å²) >= 11 is 0. The summed E-state index contributed by atoms with van der Waals surface area (Å²) in [6.07, 6.45) is -5.00. The number of benzene rings is 1. The maximum Gasteiger partial charge on any atom is 0.471 e. The molecule has 0 saturated carbocycles. The van der Waals surface area contributed by atoms with Gasteiger partial charge in [-0.25, -0.2) is 0 Å². The van der Waals surface area contributed by atoms with Gasteiger partial charge in [0.1, 0.15) is 6.10 Å². The monoisotopic (exact) mass is 382 g/mol. The molecule has 3 rings (SSSR count). The van der Waals surface area contributed by atoms with Gasteiger partial charge in [0.25, 0.3) is 5.89 Å². The van der Waals surface area contributed by atoms with Crippen LogP contribution in [0.4, 0.5) is 13.2 Å². The number of nitrogens with zero attached hydrogens (tertiary/aromatic N) is 4. The lowest BCUT2D eigenvalue weighted by atomic mass is 10.1. The summed E-state index contributed by atoms with van der Waals surface area (Å²) in [5.41, 5.74) is 0.972. The van der Waals surface area contributed by atoms with Crippen LogP contribution in [-0.4, -0.2) is 26.9 Å². The van der Waals surface area contributed by atoms with E-state index in [-0.39, 0.29) is 17.8 Å². The van der Waals surface area contributed by atoms with E-state index in [4.69, 9.17) is 9.26 Å². The zero-order chi connectivity index (χ0) is 19.6. The van der Waals surface area contributed by atoms with Gasteiger partial charge in [0, 0.05) is 17.7 Å². The minimum atomic E-state index is -4.68. The van der Waals surface area contributed by atoms with Crippen molar-refractivity contribution in [3.8, 4) is 22.8 Å². The maximum atomic E-state index is 12.5. The van der Waals surface area contributed by atoms with Crippen molar-refractivity contribution in [3.05, 3.63) is 36.0 Å². The largest absolute Gasteiger partial charge is 0.471 e. The molecule has 3 aromatic rings. The van der Waals surface area contributed by atoms with Crippen molar-refractivity contribution in [2.45, 2.75) is 33.1 Å². The summed E-state index contributed by atoms with van der Waals surface area (Å²) in [6, 6.07) is 6.33. The highest BCUT2D eigenvalue weighted by Gasteiger charge is 2.38. The van der Waals surface area contributed by atoms with E-state index in [9.17, 15) is 13.2 Å². The van der Waals surface area contributed by atoms with Crippen molar-refractivity contribution in [1.29, 1.82) is 0 Å². The normalized spacial score (nSPS) is 13.3. The van der Waals surface area contributed by atoms with Gasteiger partial charge in [-0.2, -0.15) is 23.1 Å². The van der Waals surface area contributed by atoms with E-state index in [0.29, 0.717) is 29.5 Å². The topological polar surface area (TPSA) is 87.1 Å². The standard InChI is InChI=1S/C17H17F3N4O3/c1-9(2)8-25-10(3)13-21-15(26-23-13)12-6-4-11(5-7-12)14-22-16(27-24-14)17(18,19)20/h4-7,9-10H,8H2,1-3H3/t10-/m0/s1. The molecule has 7 nitrogen and oxygen atoms in total. The van der Waals surface area contributed by atoms with E-state index in [1.165, 1.54) is 0 Å². The molecule has 0 aliphatic rings. The van der Waals surface area contributed by atoms with Gasteiger partial charge >= 0.3 is 12.1 Å². The molecule has 0 bridgehead atoms. The van der Waals surface area contributed by atoms with E-state index < -0.39 is 12.1 Å². The number of alkyl halides is 3. The molecular formula is C17H17F3N4O3. The number of hydrogen-bond donors (Lipinski definition) is 0. The fourth-order valence-electron chi connectivity index (χ4n) is 2.15. The van der Waals surface area contributed by atoms with E-state index >= 15 is 0 Å². The average Bonchev–Trinajstić information content (AvgIpc) is 3.29. The first kappa shape index (κ1) is 19.0. The third-order valence-electron chi connectivity index (χ3n) is 3.54. The second kappa shape index (κ2) is 7.47. The van der Waals surface area contributed by atoms with Crippen LogP contribution in [0.3, 0.4) is 0 Å². The average molecular weight is 382 g/mol. The highest BCUT2D eigenvalue weighted by molar-refractivity contribution is 5.62.